The van der Waals surface area contributed by atoms with Crippen molar-refractivity contribution in [2.24, 2.45) is 0 Å². The Morgan fingerprint density at radius 1 is 1.25 bits per heavy atom. The summed E-state index contributed by atoms with van der Waals surface area (Å²) in [5.41, 5.74) is 7.09. The average Bonchev–Trinajstić information content (AvgIpc) is 2.78. The van der Waals surface area contributed by atoms with Crippen molar-refractivity contribution in [3.63, 3.8) is 0 Å². The standard InChI is InChI=1S/C14H23N3O2S/c1-14(9-4-5-10-14)16-11-7-6-8-12(13(11)15)20(18,19)17(2)3/h6-8,16H,4-5,9-10,15H2,1-3H3. The summed E-state index contributed by atoms with van der Waals surface area (Å²) in [4.78, 5) is 0.161. The Bertz CT molecular complexity index is 590. The molecule has 0 aliphatic heterocycles. The maximum atomic E-state index is 12.2. The van der Waals surface area contributed by atoms with E-state index in [4.69, 9.17) is 5.73 Å². The van der Waals surface area contributed by atoms with Crippen molar-refractivity contribution in [3.8, 4) is 0 Å². The first-order valence-corrected chi connectivity index (χ1v) is 8.29. The maximum absolute atomic E-state index is 12.2. The number of sulfonamides is 1. The Kier molecular flexibility index (Phi) is 3.97. The molecule has 0 radical (unpaired) electrons. The van der Waals surface area contributed by atoms with Crippen LogP contribution in [0.1, 0.15) is 32.6 Å². The molecule has 1 saturated carbocycles. The molecular weight excluding hydrogens is 274 g/mol. The van der Waals surface area contributed by atoms with Crippen LogP contribution < -0.4 is 11.1 Å². The number of hydrogen-bond donors (Lipinski definition) is 2. The third-order valence-corrected chi connectivity index (χ3v) is 5.84. The number of hydrogen-bond acceptors (Lipinski definition) is 4. The fourth-order valence-corrected chi connectivity index (χ4v) is 3.71. The molecule has 2 rings (SSSR count). The minimum Gasteiger partial charge on any atom is -0.396 e. The average molecular weight is 297 g/mol. The molecule has 3 N–H and O–H groups in total. The highest BCUT2D eigenvalue weighted by Gasteiger charge is 2.30. The predicted octanol–water partition coefficient (Wildman–Crippen LogP) is 2.26. The molecule has 0 heterocycles. The number of anilines is 2. The highest BCUT2D eigenvalue weighted by molar-refractivity contribution is 7.89. The molecule has 5 nitrogen and oxygen atoms in total. The van der Waals surface area contributed by atoms with Gasteiger partial charge in [-0.2, -0.15) is 0 Å². The summed E-state index contributed by atoms with van der Waals surface area (Å²) in [6.45, 7) is 2.16. The maximum Gasteiger partial charge on any atom is 0.244 e. The van der Waals surface area contributed by atoms with Crippen LogP contribution >= 0.6 is 0 Å². The zero-order chi connectivity index (χ0) is 15.0. The molecule has 0 saturated heterocycles. The number of para-hydroxylation sites is 1. The summed E-state index contributed by atoms with van der Waals surface area (Å²) in [6, 6.07) is 5.12. The van der Waals surface area contributed by atoms with Gasteiger partial charge in [-0.15, -0.1) is 0 Å². The van der Waals surface area contributed by atoms with Crippen LogP contribution in [0.2, 0.25) is 0 Å². The summed E-state index contributed by atoms with van der Waals surface area (Å²) < 4.78 is 25.7. The highest BCUT2D eigenvalue weighted by Crippen LogP contribution is 2.36. The Morgan fingerprint density at radius 2 is 1.85 bits per heavy atom. The quantitative estimate of drug-likeness (QED) is 0.836. The molecule has 1 aliphatic carbocycles. The van der Waals surface area contributed by atoms with E-state index in [-0.39, 0.29) is 10.4 Å². The molecule has 0 aromatic heterocycles. The Morgan fingerprint density at radius 3 is 2.40 bits per heavy atom. The lowest BCUT2D eigenvalue weighted by Crippen LogP contribution is -2.31. The second-order valence-corrected chi connectivity index (χ2v) is 8.02. The van der Waals surface area contributed by atoms with Gasteiger partial charge in [-0.05, 0) is 31.9 Å². The third kappa shape index (κ3) is 2.76. The van der Waals surface area contributed by atoms with E-state index in [0.717, 1.165) is 12.8 Å². The topological polar surface area (TPSA) is 75.4 Å². The van der Waals surface area contributed by atoms with Crippen LogP contribution in [0, 0.1) is 0 Å². The smallest absolute Gasteiger partial charge is 0.244 e. The lowest BCUT2D eigenvalue weighted by Gasteiger charge is -2.28. The summed E-state index contributed by atoms with van der Waals surface area (Å²) >= 11 is 0. The van der Waals surface area contributed by atoms with Gasteiger partial charge in [0.2, 0.25) is 10.0 Å². The molecule has 112 valence electrons. The number of nitrogens with two attached hydrogens (primary N) is 1. The van der Waals surface area contributed by atoms with Crippen LogP contribution in [0.15, 0.2) is 23.1 Å². The Labute approximate surface area is 121 Å². The van der Waals surface area contributed by atoms with Gasteiger partial charge in [0.05, 0.1) is 11.4 Å². The van der Waals surface area contributed by atoms with Gasteiger partial charge in [0.25, 0.3) is 0 Å². The van der Waals surface area contributed by atoms with Gasteiger partial charge in [-0.25, -0.2) is 12.7 Å². The number of nitrogens with one attached hydrogen (secondary N) is 1. The van der Waals surface area contributed by atoms with Crippen molar-refractivity contribution in [2.75, 3.05) is 25.1 Å². The van der Waals surface area contributed by atoms with Crippen molar-refractivity contribution in [3.05, 3.63) is 18.2 Å². The summed E-state index contributed by atoms with van der Waals surface area (Å²) in [5.74, 6) is 0. The summed E-state index contributed by atoms with van der Waals surface area (Å²) in [7, 11) is -0.501. The second-order valence-electron chi connectivity index (χ2n) is 5.90. The van der Waals surface area contributed by atoms with E-state index in [0.29, 0.717) is 11.4 Å². The number of rotatable bonds is 4. The highest BCUT2D eigenvalue weighted by atomic mass is 32.2. The predicted molar refractivity (Wildman–Crippen MR) is 82.2 cm³/mol. The van der Waals surface area contributed by atoms with Crippen LogP contribution in [-0.4, -0.2) is 32.4 Å². The molecule has 1 aromatic carbocycles. The van der Waals surface area contributed by atoms with Crippen molar-refractivity contribution >= 4 is 21.4 Å². The van der Waals surface area contributed by atoms with Gasteiger partial charge in [0.15, 0.2) is 0 Å². The Hall–Kier alpha value is -1.27. The third-order valence-electron chi connectivity index (χ3n) is 3.97. The molecular formula is C14H23N3O2S. The van der Waals surface area contributed by atoms with Gasteiger partial charge in [-0.3, -0.25) is 0 Å². The SMILES string of the molecule is CN(C)S(=O)(=O)c1cccc(NC2(C)CCCC2)c1N. The van der Waals surface area contributed by atoms with Crippen molar-refractivity contribution in [1.82, 2.24) is 4.31 Å². The minimum absolute atomic E-state index is 0.00855. The van der Waals surface area contributed by atoms with Gasteiger partial charge in [0, 0.05) is 19.6 Å². The van der Waals surface area contributed by atoms with Crippen LogP contribution in [0.25, 0.3) is 0 Å². The molecule has 0 spiro atoms. The van der Waals surface area contributed by atoms with E-state index < -0.39 is 10.0 Å². The van der Waals surface area contributed by atoms with Gasteiger partial charge >= 0.3 is 0 Å². The molecule has 1 fully saturated rings. The van der Waals surface area contributed by atoms with E-state index >= 15 is 0 Å². The van der Waals surface area contributed by atoms with Crippen LogP contribution in [-0.2, 0) is 10.0 Å². The number of nitrogens with zero attached hydrogens (tertiary/aromatic N) is 1. The zero-order valence-corrected chi connectivity index (χ0v) is 13.1. The van der Waals surface area contributed by atoms with E-state index in [1.54, 1.807) is 12.1 Å². The number of benzene rings is 1. The van der Waals surface area contributed by atoms with E-state index in [9.17, 15) is 8.42 Å². The van der Waals surface area contributed by atoms with Crippen molar-refractivity contribution in [1.29, 1.82) is 0 Å². The first-order chi connectivity index (χ1) is 9.26. The fourth-order valence-electron chi connectivity index (χ4n) is 2.68. The molecule has 20 heavy (non-hydrogen) atoms. The largest absolute Gasteiger partial charge is 0.396 e. The molecule has 1 aromatic rings. The molecule has 0 unspecified atom stereocenters. The first kappa shape index (κ1) is 15.1. The summed E-state index contributed by atoms with van der Waals surface area (Å²) in [6.07, 6.45) is 4.55. The lowest BCUT2D eigenvalue weighted by molar-refractivity contribution is 0.520. The van der Waals surface area contributed by atoms with Gasteiger partial charge in [-0.1, -0.05) is 18.9 Å². The molecule has 0 atom stereocenters. The zero-order valence-electron chi connectivity index (χ0n) is 12.3. The molecule has 6 heteroatoms. The van der Waals surface area contributed by atoms with E-state index in [2.05, 4.69) is 12.2 Å². The molecule has 0 amide bonds. The monoisotopic (exact) mass is 297 g/mol. The summed E-state index contributed by atoms with van der Waals surface area (Å²) in [5, 5.41) is 3.43. The van der Waals surface area contributed by atoms with Crippen LogP contribution in [0.4, 0.5) is 11.4 Å². The minimum atomic E-state index is -3.52. The van der Waals surface area contributed by atoms with Crippen molar-refractivity contribution in [2.45, 2.75) is 43.0 Å². The van der Waals surface area contributed by atoms with E-state index in [1.807, 2.05) is 6.07 Å². The lowest BCUT2D eigenvalue weighted by atomic mass is 10.00. The van der Waals surface area contributed by atoms with Crippen LogP contribution in [0.5, 0.6) is 0 Å². The van der Waals surface area contributed by atoms with Gasteiger partial charge in [0.1, 0.15) is 4.90 Å². The molecule has 1 aliphatic rings. The van der Waals surface area contributed by atoms with Crippen LogP contribution in [0.3, 0.4) is 0 Å². The second kappa shape index (κ2) is 5.26. The first-order valence-electron chi connectivity index (χ1n) is 6.85. The fraction of sp³-hybridized carbons (Fsp3) is 0.571. The molecule has 0 bridgehead atoms. The van der Waals surface area contributed by atoms with Crippen molar-refractivity contribution < 1.29 is 8.42 Å². The number of nitrogen functional groups attached to an aromatic ring is 1. The van der Waals surface area contributed by atoms with Gasteiger partial charge < -0.3 is 11.1 Å². The Balaban J connectivity index is 2.38. The van der Waals surface area contributed by atoms with E-state index in [1.165, 1.54) is 31.2 Å². The normalized spacial score (nSPS) is 18.4.